The summed E-state index contributed by atoms with van der Waals surface area (Å²) in [6.45, 7) is 1.91. The van der Waals surface area contributed by atoms with Crippen LogP contribution in [-0.2, 0) is 0 Å². The van der Waals surface area contributed by atoms with E-state index in [-0.39, 0.29) is 11.3 Å². The molecule has 0 spiro atoms. The summed E-state index contributed by atoms with van der Waals surface area (Å²) in [5.74, 6) is 0.666. The maximum Gasteiger partial charge on any atom is 0.242 e. The summed E-state index contributed by atoms with van der Waals surface area (Å²) in [7, 11) is 0. The topological polar surface area (TPSA) is 69.6 Å². The molecule has 0 saturated carbocycles. The molecule has 2 heterocycles. The Labute approximate surface area is 91.9 Å². The van der Waals surface area contributed by atoms with Crippen LogP contribution in [0.5, 0.6) is 0 Å². The highest BCUT2D eigenvalue weighted by molar-refractivity contribution is 6.28. The first-order valence-electron chi connectivity index (χ1n) is 4.46. The lowest BCUT2D eigenvalue weighted by atomic mass is 10.2. The fourth-order valence-corrected chi connectivity index (χ4v) is 1.28. The second-order valence-electron chi connectivity index (χ2n) is 3.20. The Morgan fingerprint density at radius 2 is 2.20 bits per heavy atom. The van der Waals surface area contributed by atoms with Crippen molar-refractivity contribution in [3.63, 3.8) is 0 Å². The van der Waals surface area contributed by atoms with Crippen molar-refractivity contribution in [1.82, 2.24) is 19.7 Å². The van der Waals surface area contributed by atoms with Gasteiger partial charge in [-0.1, -0.05) is 6.07 Å². The number of hydrogen-bond acceptors (Lipinski definition) is 4. The van der Waals surface area contributed by atoms with E-state index in [0.717, 1.165) is 5.56 Å². The van der Waals surface area contributed by atoms with E-state index in [0.29, 0.717) is 5.82 Å². The number of rotatable bonds is 2. The van der Waals surface area contributed by atoms with Crippen molar-refractivity contribution in [2.75, 3.05) is 0 Å². The Balaban J connectivity index is 2.31. The van der Waals surface area contributed by atoms with Crippen LogP contribution in [0, 0.1) is 0 Å². The minimum Gasteiger partial charge on any atom is -0.324 e. The molecule has 0 radical (unpaired) electrons. The van der Waals surface area contributed by atoms with Crippen molar-refractivity contribution in [2.45, 2.75) is 13.0 Å². The van der Waals surface area contributed by atoms with Crippen molar-refractivity contribution in [2.24, 2.45) is 5.73 Å². The molecule has 5 nitrogen and oxygen atoms in total. The van der Waals surface area contributed by atoms with E-state index in [4.69, 9.17) is 17.3 Å². The number of aromatic nitrogens is 4. The third kappa shape index (κ3) is 2.14. The van der Waals surface area contributed by atoms with Gasteiger partial charge in [-0.3, -0.25) is 0 Å². The number of hydrogen-bond donors (Lipinski definition) is 1. The third-order valence-corrected chi connectivity index (χ3v) is 2.17. The Kier molecular flexibility index (Phi) is 2.66. The molecule has 78 valence electrons. The molecular formula is C9H10ClN5. The van der Waals surface area contributed by atoms with E-state index >= 15 is 0 Å². The van der Waals surface area contributed by atoms with Gasteiger partial charge in [0.1, 0.15) is 6.33 Å². The molecule has 2 aromatic heterocycles. The predicted molar refractivity (Wildman–Crippen MR) is 56.8 cm³/mol. The first kappa shape index (κ1) is 10.1. The van der Waals surface area contributed by atoms with Gasteiger partial charge in [-0.25, -0.2) is 14.6 Å². The van der Waals surface area contributed by atoms with Crippen LogP contribution in [0.3, 0.4) is 0 Å². The van der Waals surface area contributed by atoms with E-state index in [1.54, 1.807) is 6.20 Å². The van der Waals surface area contributed by atoms with E-state index in [1.165, 1.54) is 11.0 Å². The summed E-state index contributed by atoms with van der Waals surface area (Å²) in [4.78, 5) is 8.01. The number of halogens is 1. The van der Waals surface area contributed by atoms with Gasteiger partial charge in [-0.05, 0) is 30.2 Å². The summed E-state index contributed by atoms with van der Waals surface area (Å²) in [6.07, 6.45) is 3.23. The van der Waals surface area contributed by atoms with Crippen LogP contribution in [0.1, 0.15) is 18.5 Å². The molecule has 0 aliphatic heterocycles. The fourth-order valence-electron chi connectivity index (χ4n) is 1.16. The molecule has 2 N–H and O–H groups in total. The van der Waals surface area contributed by atoms with Crippen molar-refractivity contribution >= 4 is 11.6 Å². The van der Waals surface area contributed by atoms with Crippen LogP contribution in [0.2, 0.25) is 5.28 Å². The molecule has 0 bridgehead atoms. The van der Waals surface area contributed by atoms with Gasteiger partial charge in [-0.15, -0.1) is 5.10 Å². The van der Waals surface area contributed by atoms with Gasteiger partial charge in [-0.2, -0.15) is 0 Å². The molecule has 6 heteroatoms. The summed E-state index contributed by atoms with van der Waals surface area (Å²) in [5, 5.41) is 4.13. The Morgan fingerprint density at radius 1 is 1.40 bits per heavy atom. The fraction of sp³-hybridized carbons (Fsp3) is 0.222. The van der Waals surface area contributed by atoms with Crippen LogP contribution in [0.4, 0.5) is 0 Å². The lowest BCUT2D eigenvalue weighted by Gasteiger charge is -2.05. The second-order valence-corrected chi connectivity index (χ2v) is 3.53. The van der Waals surface area contributed by atoms with Gasteiger partial charge >= 0.3 is 0 Å². The first-order chi connectivity index (χ1) is 7.16. The van der Waals surface area contributed by atoms with Crippen LogP contribution in [0.15, 0.2) is 24.7 Å². The highest BCUT2D eigenvalue weighted by Gasteiger charge is 2.03. The molecule has 0 aromatic carbocycles. The number of nitrogens with zero attached hydrogens (tertiary/aromatic N) is 4. The largest absolute Gasteiger partial charge is 0.324 e. The van der Waals surface area contributed by atoms with Crippen LogP contribution in [0.25, 0.3) is 5.82 Å². The molecule has 0 aliphatic rings. The standard InChI is InChI=1S/C9H10ClN5/c1-6(11)7-2-3-8(12-4-7)15-5-13-9(10)14-15/h2-6H,11H2,1H3/t6-/m0/s1. The van der Waals surface area contributed by atoms with Crippen molar-refractivity contribution in [1.29, 1.82) is 0 Å². The number of nitrogens with two attached hydrogens (primary N) is 1. The first-order valence-corrected chi connectivity index (χ1v) is 4.83. The molecular weight excluding hydrogens is 214 g/mol. The Morgan fingerprint density at radius 3 is 2.67 bits per heavy atom. The van der Waals surface area contributed by atoms with E-state index in [2.05, 4.69) is 15.1 Å². The van der Waals surface area contributed by atoms with Gasteiger partial charge < -0.3 is 5.73 Å². The molecule has 0 saturated heterocycles. The highest BCUT2D eigenvalue weighted by atomic mass is 35.5. The summed E-state index contributed by atoms with van der Waals surface area (Å²) >= 11 is 5.60. The van der Waals surface area contributed by atoms with Crippen LogP contribution in [-0.4, -0.2) is 19.7 Å². The minimum atomic E-state index is -0.0223. The van der Waals surface area contributed by atoms with Gasteiger partial charge in [0.15, 0.2) is 5.82 Å². The van der Waals surface area contributed by atoms with Crippen molar-refractivity contribution in [3.8, 4) is 5.82 Å². The smallest absolute Gasteiger partial charge is 0.242 e. The lowest BCUT2D eigenvalue weighted by Crippen LogP contribution is -2.06. The zero-order valence-corrected chi connectivity index (χ0v) is 8.89. The maximum absolute atomic E-state index is 5.71. The predicted octanol–water partition coefficient (Wildman–Crippen LogP) is 1.34. The average Bonchev–Trinajstić information content (AvgIpc) is 2.65. The van der Waals surface area contributed by atoms with Crippen molar-refractivity contribution in [3.05, 3.63) is 35.5 Å². The van der Waals surface area contributed by atoms with Gasteiger partial charge in [0.05, 0.1) is 0 Å². The normalized spacial score (nSPS) is 12.7. The van der Waals surface area contributed by atoms with Crippen LogP contribution < -0.4 is 5.73 Å². The average molecular weight is 224 g/mol. The summed E-state index contributed by atoms with van der Waals surface area (Å²) in [5.41, 5.74) is 6.69. The maximum atomic E-state index is 5.71. The van der Waals surface area contributed by atoms with Gasteiger partial charge in [0.2, 0.25) is 5.28 Å². The zero-order valence-electron chi connectivity index (χ0n) is 8.13. The summed E-state index contributed by atoms with van der Waals surface area (Å²) in [6, 6.07) is 3.71. The minimum absolute atomic E-state index is 0.0223. The molecule has 1 atom stereocenters. The molecule has 0 amide bonds. The molecule has 2 rings (SSSR count). The molecule has 15 heavy (non-hydrogen) atoms. The lowest BCUT2D eigenvalue weighted by molar-refractivity contribution is 0.797. The van der Waals surface area contributed by atoms with E-state index < -0.39 is 0 Å². The van der Waals surface area contributed by atoms with Crippen LogP contribution >= 0.6 is 11.6 Å². The Hall–Kier alpha value is -1.46. The molecule has 2 aromatic rings. The summed E-state index contributed by atoms with van der Waals surface area (Å²) < 4.78 is 1.51. The zero-order chi connectivity index (χ0) is 10.8. The Bertz CT molecular complexity index is 448. The van der Waals surface area contributed by atoms with Gasteiger partial charge in [0.25, 0.3) is 0 Å². The molecule has 0 aliphatic carbocycles. The molecule has 0 fully saturated rings. The quantitative estimate of drug-likeness (QED) is 0.834. The monoisotopic (exact) mass is 223 g/mol. The van der Waals surface area contributed by atoms with E-state index in [9.17, 15) is 0 Å². The van der Waals surface area contributed by atoms with E-state index in [1.807, 2.05) is 19.1 Å². The molecule has 0 unspecified atom stereocenters. The van der Waals surface area contributed by atoms with Crippen molar-refractivity contribution < 1.29 is 0 Å². The highest BCUT2D eigenvalue weighted by Crippen LogP contribution is 2.10. The number of pyridine rings is 1. The van der Waals surface area contributed by atoms with Gasteiger partial charge in [0, 0.05) is 12.2 Å². The third-order valence-electron chi connectivity index (χ3n) is 2.00. The second kappa shape index (κ2) is 3.96. The SMILES string of the molecule is C[C@H](N)c1ccc(-n2cnc(Cl)n2)nc1.